The van der Waals surface area contributed by atoms with Crippen LogP contribution in [0.1, 0.15) is 30.1 Å². The molecule has 1 saturated heterocycles. The first-order chi connectivity index (χ1) is 9.93. The average Bonchev–Trinajstić information content (AvgIpc) is 3.03. The fourth-order valence-electron chi connectivity index (χ4n) is 2.84. The molecule has 1 atom stereocenters. The quantitative estimate of drug-likeness (QED) is 0.892. The number of hydrogen-bond acceptors (Lipinski definition) is 4. The van der Waals surface area contributed by atoms with Crippen LogP contribution in [0.4, 0.5) is 0 Å². The largest absolute Gasteiger partial charge is 0.480 e. The second kappa shape index (κ2) is 4.54. The lowest BCUT2D eigenvalue weighted by Gasteiger charge is -2.31. The highest BCUT2D eigenvalue weighted by atomic mass is 16.4. The van der Waals surface area contributed by atoms with Crippen molar-refractivity contribution in [2.24, 2.45) is 7.05 Å². The second-order valence-corrected chi connectivity index (χ2v) is 5.56. The summed E-state index contributed by atoms with van der Waals surface area (Å²) in [6, 6.07) is 5.12. The van der Waals surface area contributed by atoms with E-state index in [2.05, 4.69) is 10.3 Å². The number of nitrogens with zero attached hydrogens (tertiary/aromatic N) is 4. The smallest absolute Gasteiger partial charge is 0.329 e. The Balaban J connectivity index is 1.98. The SMILES string of the molecule is Cn1nnc2cc(C(=O)N3CCCC3(C)C(=O)O)ccc21. The van der Waals surface area contributed by atoms with Crippen LogP contribution in [0.25, 0.3) is 11.0 Å². The highest BCUT2D eigenvalue weighted by molar-refractivity contribution is 6.00. The summed E-state index contributed by atoms with van der Waals surface area (Å²) in [5.41, 5.74) is 0.764. The number of fused-ring (bicyclic) bond motifs is 1. The van der Waals surface area contributed by atoms with Gasteiger partial charge in [-0.15, -0.1) is 5.10 Å². The van der Waals surface area contributed by atoms with Crippen LogP contribution < -0.4 is 0 Å². The summed E-state index contributed by atoms with van der Waals surface area (Å²) in [5.74, 6) is -1.24. The molecule has 1 unspecified atom stereocenters. The van der Waals surface area contributed by atoms with Crippen LogP contribution in [0, 0.1) is 0 Å². The van der Waals surface area contributed by atoms with Gasteiger partial charge in [-0.05, 0) is 38.0 Å². The molecule has 21 heavy (non-hydrogen) atoms. The van der Waals surface area contributed by atoms with E-state index in [4.69, 9.17) is 0 Å². The molecule has 0 aliphatic carbocycles. The van der Waals surface area contributed by atoms with Gasteiger partial charge in [0.1, 0.15) is 11.1 Å². The van der Waals surface area contributed by atoms with Crippen LogP contribution >= 0.6 is 0 Å². The van der Waals surface area contributed by atoms with Crippen LogP contribution in [0.15, 0.2) is 18.2 Å². The Morgan fingerprint density at radius 3 is 2.86 bits per heavy atom. The van der Waals surface area contributed by atoms with Crippen LogP contribution in [0.5, 0.6) is 0 Å². The molecule has 1 fully saturated rings. The first-order valence-corrected chi connectivity index (χ1v) is 6.78. The Bertz CT molecular complexity index is 739. The molecule has 7 nitrogen and oxygen atoms in total. The minimum absolute atomic E-state index is 0.273. The number of aliphatic carboxylic acids is 1. The number of carbonyl (C=O) groups excluding carboxylic acids is 1. The molecular formula is C14H16N4O3. The predicted molar refractivity (Wildman–Crippen MR) is 74.8 cm³/mol. The van der Waals surface area contributed by atoms with Gasteiger partial charge in [0, 0.05) is 19.2 Å². The number of carboxylic acids is 1. The van der Waals surface area contributed by atoms with Gasteiger partial charge in [-0.1, -0.05) is 5.21 Å². The summed E-state index contributed by atoms with van der Waals surface area (Å²) in [4.78, 5) is 25.5. The molecule has 0 saturated carbocycles. The van der Waals surface area contributed by atoms with Gasteiger partial charge < -0.3 is 10.0 Å². The van der Waals surface area contributed by atoms with Crippen LogP contribution in [0.3, 0.4) is 0 Å². The minimum Gasteiger partial charge on any atom is -0.480 e. The lowest BCUT2D eigenvalue weighted by molar-refractivity contribution is -0.147. The van der Waals surface area contributed by atoms with E-state index in [1.165, 1.54) is 4.90 Å². The van der Waals surface area contributed by atoms with E-state index in [1.807, 2.05) is 0 Å². The van der Waals surface area contributed by atoms with Crippen molar-refractivity contribution < 1.29 is 14.7 Å². The minimum atomic E-state index is -1.13. The molecule has 2 heterocycles. The third-order valence-electron chi connectivity index (χ3n) is 4.20. The number of carboxylic acid groups (broad SMARTS) is 1. The number of likely N-dealkylation sites (tertiary alicyclic amines) is 1. The molecule has 7 heteroatoms. The average molecular weight is 288 g/mol. The molecule has 0 spiro atoms. The van der Waals surface area contributed by atoms with Crippen molar-refractivity contribution >= 4 is 22.9 Å². The maximum Gasteiger partial charge on any atom is 0.329 e. The molecule has 2 aromatic rings. The summed E-state index contributed by atoms with van der Waals surface area (Å²) in [6.45, 7) is 2.06. The van der Waals surface area contributed by atoms with E-state index in [1.54, 1.807) is 36.9 Å². The van der Waals surface area contributed by atoms with E-state index in [0.29, 0.717) is 30.5 Å². The normalized spacial score (nSPS) is 21.9. The fraction of sp³-hybridized carbons (Fsp3) is 0.429. The first kappa shape index (κ1) is 13.5. The zero-order valence-electron chi connectivity index (χ0n) is 11.9. The Morgan fingerprint density at radius 1 is 1.38 bits per heavy atom. The first-order valence-electron chi connectivity index (χ1n) is 6.78. The number of rotatable bonds is 2. The predicted octanol–water partition coefficient (Wildman–Crippen LogP) is 1.05. The lowest BCUT2D eigenvalue weighted by Crippen LogP contribution is -2.50. The van der Waals surface area contributed by atoms with Gasteiger partial charge in [0.05, 0.1) is 5.52 Å². The molecule has 1 amide bonds. The molecule has 1 N–H and O–H groups in total. The summed E-state index contributed by atoms with van der Waals surface area (Å²) < 4.78 is 1.63. The van der Waals surface area contributed by atoms with Crippen LogP contribution in [0.2, 0.25) is 0 Å². The summed E-state index contributed by atoms with van der Waals surface area (Å²) in [5, 5.41) is 17.3. The van der Waals surface area contributed by atoms with Gasteiger partial charge in [-0.25, -0.2) is 9.48 Å². The third-order valence-corrected chi connectivity index (χ3v) is 4.20. The molecule has 1 aromatic carbocycles. The molecular weight excluding hydrogens is 272 g/mol. The van der Waals surface area contributed by atoms with E-state index < -0.39 is 11.5 Å². The van der Waals surface area contributed by atoms with Gasteiger partial charge in [0.25, 0.3) is 5.91 Å². The second-order valence-electron chi connectivity index (χ2n) is 5.56. The zero-order valence-corrected chi connectivity index (χ0v) is 11.9. The Kier molecular flexibility index (Phi) is 2.93. The van der Waals surface area contributed by atoms with Crippen molar-refractivity contribution in [2.75, 3.05) is 6.54 Å². The fourth-order valence-corrected chi connectivity index (χ4v) is 2.84. The molecule has 110 valence electrons. The molecule has 3 rings (SSSR count). The number of amides is 1. The van der Waals surface area contributed by atoms with Gasteiger partial charge in [-0.3, -0.25) is 4.79 Å². The van der Waals surface area contributed by atoms with Gasteiger partial charge in [-0.2, -0.15) is 0 Å². The third kappa shape index (κ3) is 1.96. The Labute approximate surface area is 121 Å². The van der Waals surface area contributed by atoms with Crippen molar-refractivity contribution in [3.05, 3.63) is 23.8 Å². The monoisotopic (exact) mass is 288 g/mol. The summed E-state index contributed by atoms with van der Waals surface area (Å²) >= 11 is 0. The number of hydrogen-bond donors (Lipinski definition) is 1. The number of aryl methyl sites for hydroxylation is 1. The number of benzene rings is 1. The summed E-state index contributed by atoms with van der Waals surface area (Å²) in [7, 11) is 1.78. The lowest BCUT2D eigenvalue weighted by atomic mass is 9.98. The topological polar surface area (TPSA) is 88.3 Å². The molecule has 0 bridgehead atoms. The van der Waals surface area contributed by atoms with E-state index in [-0.39, 0.29) is 5.91 Å². The number of carbonyl (C=O) groups is 2. The number of aromatic nitrogens is 3. The highest BCUT2D eigenvalue weighted by Crippen LogP contribution is 2.31. The van der Waals surface area contributed by atoms with Crippen molar-refractivity contribution in [3.8, 4) is 0 Å². The Morgan fingerprint density at radius 2 is 2.14 bits per heavy atom. The molecule has 1 aliphatic rings. The standard InChI is InChI=1S/C14H16N4O3/c1-14(13(20)21)6-3-7-18(14)12(19)9-4-5-11-10(8-9)15-16-17(11)2/h4-5,8H,3,6-7H2,1-2H3,(H,20,21). The Hall–Kier alpha value is -2.44. The van der Waals surface area contributed by atoms with Crippen molar-refractivity contribution in [1.29, 1.82) is 0 Å². The molecule has 0 radical (unpaired) electrons. The van der Waals surface area contributed by atoms with E-state index in [9.17, 15) is 14.7 Å². The van der Waals surface area contributed by atoms with E-state index in [0.717, 1.165) is 5.52 Å². The van der Waals surface area contributed by atoms with Crippen molar-refractivity contribution in [3.63, 3.8) is 0 Å². The van der Waals surface area contributed by atoms with Crippen LogP contribution in [-0.2, 0) is 11.8 Å². The maximum absolute atomic E-state index is 12.6. The highest BCUT2D eigenvalue weighted by Gasteiger charge is 2.46. The van der Waals surface area contributed by atoms with Crippen molar-refractivity contribution in [2.45, 2.75) is 25.3 Å². The zero-order chi connectivity index (χ0) is 15.2. The molecule has 1 aliphatic heterocycles. The van der Waals surface area contributed by atoms with Gasteiger partial charge >= 0.3 is 5.97 Å². The molecule has 1 aromatic heterocycles. The van der Waals surface area contributed by atoms with Gasteiger partial charge in [0.2, 0.25) is 0 Å². The maximum atomic E-state index is 12.6. The van der Waals surface area contributed by atoms with Gasteiger partial charge in [0.15, 0.2) is 0 Å². The van der Waals surface area contributed by atoms with Crippen molar-refractivity contribution in [1.82, 2.24) is 19.9 Å². The summed E-state index contributed by atoms with van der Waals surface area (Å²) in [6.07, 6.45) is 1.17. The van der Waals surface area contributed by atoms with E-state index >= 15 is 0 Å². The van der Waals surface area contributed by atoms with Crippen LogP contribution in [-0.4, -0.2) is 49.0 Å².